The highest BCUT2D eigenvalue weighted by atomic mass is 32.1. The smallest absolute Gasteiger partial charge is 0.246 e. The number of thiazole rings is 1. The number of nitrogens with one attached hydrogen (secondary N) is 2. The number of phenolic OH excluding ortho intramolecular Hbond substituents is 1. The van der Waals surface area contributed by atoms with Crippen LogP contribution in [0.25, 0.3) is 21.7 Å². The minimum absolute atomic E-state index is 0.0226. The van der Waals surface area contributed by atoms with E-state index < -0.39 is 23.6 Å². The Morgan fingerprint density at radius 1 is 0.953 bits per heavy atom. The van der Waals surface area contributed by atoms with Crippen LogP contribution in [-0.2, 0) is 25.7 Å². The number of phenols is 1. The van der Waals surface area contributed by atoms with Gasteiger partial charge in [0, 0.05) is 57.5 Å². The Bertz CT molecular complexity index is 2290. The van der Waals surface area contributed by atoms with Crippen LogP contribution >= 0.6 is 11.3 Å². The number of rotatable bonds is 17. The highest BCUT2D eigenvalue weighted by Crippen LogP contribution is 2.46. The summed E-state index contributed by atoms with van der Waals surface area (Å²) in [6.07, 6.45) is 7.12. The van der Waals surface area contributed by atoms with Crippen molar-refractivity contribution in [3.8, 4) is 27.4 Å². The number of aliphatic hydroxyl groups excluding tert-OH is 1. The first-order valence-electron chi connectivity index (χ1n) is 22.7. The zero-order valence-electron chi connectivity index (χ0n) is 37.5. The molecule has 342 valence electrons. The van der Waals surface area contributed by atoms with Crippen molar-refractivity contribution in [2.45, 2.75) is 129 Å². The Hall–Kier alpha value is -5.61. The molecule has 4 amide bonds. The maximum Gasteiger partial charge on any atom is 0.246 e. The lowest BCUT2D eigenvalue weighted by molar-refractivity contribution is -0.144. The summed E-state index contributed by atoms with van der Waals surface area (Å²) in [4.78, 5) is 65.3. The monoisotopic (exact) mass is 893 g/mol. The van der Waals surface area contributed by atoms with Gasteiger partial charge in [0.15, 0.2) is 5.82 Å². The number of amides is 4. The topological polar surface area (TPSA) is 207 Å². The summed E-state index contributed by atoms with van der Waals surface area (Å²) >= 11 is 1.58. The van der Waals surface area contributed by atoms with Crippen LogP contribution in [0.4, 0.5) is 11.5 Å². The minimum atomic E-state index is -0.868. The van der Waals surface area contributed by atoms with Gasteiger partial charge >= 0.3 is 0 Å². The van der Waals surface area contributed by atoms with Crippen LogP contribution in [0.5, 0.6) is 5.75 Å². The van der Waals surface area contributed by atoms with E-state index in [1.165, 1.54) is 4.90 Å². The summed E-state index contributed by atoms with van der Waals surface area (Å²) < 4.78 is 0. The number of unbranched alkanes of at least 4 members (excludes halogenated alkanes) is 5. The molecule has 4 aromatic rings. The van der Waals surface area contributed by atoms with Crippen LogP contribution in [0.1, 0.15) is 103 Å². The van der Waals surface area contributed by atoms with Crippen LogP contribution in [0.3, 0.4) is 0 Å². The first kappa shape index (κ1) is 46.4. The molecule has 1 spiro atoms. The fraction of sp³-hybridized carbons (Fsp3) is 0.521. The molecule has 4 heterocycles. The van der Waals surface area contributed by atoms with Gasteiger partial charge in [-0.3, -0.25) is 19.2 Å². The maximum atomic E-state index is 14.0. The predicted molar refractivity (Wildman–Crippen MR) is 248 cm³/mol. The highest BCUT2D eigenvalue weighted by Gasteiger charge is 2.53. The molecule has 2 aromatic carbocycles. The largest absolute Gasteiger partial charge is 0.507 e. The maximum absolute atomic E-state index is 14.0. The number of hydrogen-bond acceptors (Lipinski definition) is 12. The van der Waals surface area contributed by atoms with Crippen LogP contribution in [0.2, 0.25) is 0 Å². The number of nitrogens with zero attached hydrogens (tertiary/aromatic N) is 6. The summed E-state index contributed by atoms with van der Waals surface area (Å²) in [5, 5.41) is 35.3. The molecule has 2 aliphatic heterocycles. The number of anilines is 2. The number of para-hydroxylation sites is 1. The van der Waals surface area contributed by atoms with Gasteiger partial charge in [0.2, 0.25) is 23.6 Å². The van der Waals surface area contributed by atoms with Crippen molar-refractivity contribution in [2.75, 3.05) is 36.8 Å². The summed E-state index contributed by atoms with van der Waals surface area (Å²) in [5.41, 5.74) is 12.1. The SMILES string of the molecule is Cc1ncsc1-c1ccc(CNC(=O)[C@@H]2C[C@@H](O)CN2C(=O)[C@@H](NC(=O)CCCCCCCCC(=O)N2CCN(c3cc(-c4ccccc4O)nnc3N)CC23CC3)C(C)(C)C)cc1. The van der Waals surface area contributed by atoms with Gasteiger partial charge < -0.3 is 41.3 Å². The first-order chi connectivity index (χ1) is 30.6. The molecular weight excluding hydrogens is 831 g/mol. The molecule has 3 fully saturated rings. The summed E-state index contributed by atoms with van der Waals surface area (Å²) in [6, 6.07) is 15.1. The Morgan fingerprint density at radius 3 is 2.33 bits per heavy atom. The number of β-amino-alcohol motifs (C(OH)–C–C–N with tert-alkyl or cyclic N) is 1. The van der Waals surface area contributed by atoms with Gasteiger partial charge in [0.25, 0.3) is 0 Å². The number of aromatic nitrogens is 3. The van der Waals surface area contributed by atoms with E-state index in [1.54, 1.807) is 29.5 Å². The molecule has 1 saturated carbocycles. The van der Waals surface area contributed by atoms with Gasteiger partial charge in [-0.2, -0.15) is 0 Å². The fourth-order valence-corrected chi connectivity index (χ4v) is 9.84. The number of piperazine rings is 1. The van der Waals surface area contributed by atoms with Gasteiger partial charge in [0.05, 0.1) is 39.1 Å². The first-order valence-corrected chi connectivity index (χ1v) is 23.5. The predicted octanol–water partition coefficient (Wildman–Crippen LogP) is 5.97. The molecular formula is C48H63N9O6S. The second kappa shape index (κ2) is 20.1. The Balaban J connectivity index is 0.806. The van der Waals surface area contributed by atoms with E-state index in [0.29, 0.717) is 49.6 Å². The lowest BCUT2D eigenvalue weighted by Crippen LogP contribution is -2.57. The van der Waals surface area contributed by atoms with Crippen LogP contribution < -0.4 is 21.3 Å². The molecule has 2 aromatic heterocycles. The molecule has 64 heavy (non-hydrogen) atoms. The van der Waals surface area contributed by atoms with E-state index >= 15 is 0 Å². The Labute approximate surface area is 379 Å². The van der Waals surface area contributed by atoms with Gasteiger partial charge in [-0.15, -0.1) is 21.5 Å². The Kier molecular flexibility index (Phi) is 14.5. The van der Waals surface area contributed by atoms with Crippen molar-refractivity contribution in [3.05, 3.63) is 71.4 Å². The number of carbonyl (C=O) groups excluding carboxylic acids is 4. The van der Waals surface area contributed by atoms with Gasteiger partial charge in [-0.25, -0.2) is 4.98 Å². The molecule has 1 aliphatic carbocycles. The zero-order chi connectivity index (χ0) is 45.6. The van der Waals surface area contributed by atoms with Crippen molar-refractivity contribution >= 4 is 46.5 Å². The van der Waals surface area contributed by atoms with Crippen LogP contribution in [0, 0.1) is 12.3 Å². The molecule has 15 nitrogen and oxygen atoms in total. The molecule has 6 N–H and O–H groups in total. The van der Waals surface area contributed by atoms with Crippen LogP contribution in [0.15, 0.2) is 60.1 Å². The van der Waals surface area contributed by atoms with Crippen LogP contribution in [-0.4, -0.2) is 109 Å². The average Bonchev–Trinajstić information content (AvgIpc) is 3.68. The summed E-state index contributed by atoms with van der Waals surface area (Å²) in [6.45, 7) is 9.85. The lowest BCUT2D eigenvalue weighted by Gasteiger charge is -2.43. The number of carbonyl (C=O) groups is 4. The van der Waals surface area contributed by atoms with Gasteiger partial charge in [-0.05, 0) is 67.3 Å². The van der Waals surface area contributed by atoms with Gasteiger partial charge in [-0.1, -0.05) is 82.9 Å². The number of aliphatic hydroxyl groups is 1. The highest BCUT2D eigenvalue weighted by molar-refractivity contribution is 7.13. The third-order valence-electron chi connectivity index (χ3n) is 12.9. The van der Waals surface area contributed by atoms with Crippen molar-refractivity contribution < 1.29 is 29.4 Å². The average molecular weight is 894 g/mol. The number of hydrogen-bond donors (Lipinski definition) is 5. The standard InChI is InChI=1S/C48H63N9O6S/c1-31-42(64-30-51-31)33-19-17-32(18-20-33)27-50-45(62)38-25-34(58)28-56(38)46(63)43(47(2,3)4)52-40(60)15-9-7-5-6-8-10-16-41(61)57-24-23-55(29-48(57)21-22-48)37-26-36(53-54-44(37)49)35-13-11-12-14-39(35)59/h11-14,17-20,26,30,34,38,43,58-59H,5-10,15-16,21-25,27-29H2,1-4H3,(H2,49,54)(H,50,62)(H,52,60)/t34-,38+,43-/m1/s1. The van der Waals surface area contributed by atoms with Crippen molar-refractivity contribution in [1.29, 1.82) is 0 Å². The number of benzene rings is 2. The number of aryl methyl sites for hydroxylation is 1. The second-order valence-electron chi connectivity index (χ2n) is 18.8. The summed E-state index contributed by atoms with van der Waals surface area (Å²) in [7, 11) is 0. The quantitative estimate of drug-likeness (QED) is 0.0781. The molecule has 3 aliphatic rings. The Morgan fingerprint density at radius 2 is 1.66 bits per heavy atom. The number of aromatic hydroxyl groups is 1. The molecule has 0 bridgehead atoms. The lowest BCUT2D eigenvalue weighted by atomic mass is 9.85. The molecule has 0 radical (unpaired) electrons. The number of nitrogens with two attached hydrogens (primary N) is 1. The molecule has 16 heteroatoms. The fourth-order valence-electron chi connectivity index (χ4n) is 9.03. The van der Waals surface area contributed by atoms with E-state index in [4.69, 9.17) is 5.73 Å². The van der Waals surface area contributed by atoms with E-state index in [9.17, 15) is 29.4 Å². The van der Waals surface area contributed by atoms with Crippen molar-refractivity contribution in [1.82, 2.24) is 35.6 Å². The van der Waals surface area contributed by atoms with Crippen molar-refractivity contribution in [3.63, 3.8) is 0 Å². The second-order valence-corrected chi connectivity index (χ2v) is 19.6. The normalized spacial score (nSPS) is 18.5. The summed E-state index contributed by atoms with van der Waals surface area (Å²) in [5.74, 6) is -0.293. The number of likely N-dealkylation sites (tertiary alicyclic amines) is 1. The van der Waals surface area contributed by atoms with Gasteiger partial charge in [0.1, 0.15) is 17.8 Å². The van der Waals surface area contributed by atoms with E-state index in [-0.39, 0.29) is 60.8 Å². The van der Waals surface area contributed by atoms with E-state index in [0.717, 1.165) is 72.3 Å². The molecule has 7 rings (SSSR count). The minimum Gasteiger partial charge on any atom is -0.507 e. The third kappa shape index (κ3) is 11.0. The zero-order valence-corrected chi connectivity index (χ0v) is 38.3. The number of nitrogen functional groups attached to an aromatic ring is 1. The van der Waals surface area contributed by atoms with E-state index in [1.807, 2.05) is 69.6 Å². The molecule has 0 unspecified atom stereocenters. The molecule has 3 atom stereocenters. The van der Waals surface area contributed by atoms with E-state index in [2.05, 4.69) is 35.6 Å². The van der Waals surface area contributed by atoms with Crippen molar-refractivity contribution in [2.24, 2.45) is 5.41 Å². The third-order valence-corrected chi connectivity index (χ3v) is 13.8. The molecule has 2 saturated heterocycles.